The fourth-order valence-corrected chi connectivity index (χ4v) is 4.51. The topological polar surface area (TPSA) is 77.0 Å². The smallest absolute Gasteiger partial charge is 0.187 e. The van der Waals surface area contributed by atoms with Crippen LogP contribution in [0.15, 0.2) is 30.6 Å². The van der Waals surface area contributed by atoms with E-state index < -0.39 is 16.4 Å². The predicted octanol–water partition coefficient (Wildman–Crippen LogP) is 5.45. The van der Waals surface area contributed by atoms with Gasteiger partial charge in [0.25, 0.3) is 0 Å². The highest BCUT2D eigenvalue weighted by Gasteiger charge is 2.32. The molecule has 0 aromatic carbocycles. The molecular weight excluding hydrogens is 511 g/mol. The first-order valence-corrected chi connectivity index (χ1v) is 11.1. The molecule has 2 heterocycles. The number of halogens is 4. The van der Waals surface area contributed by atoms with Crippen molar-refractivity contribution in [1.82, 2.24) is 9.97 Å². The number of pyridine rings is 2. The number of hydrogen-bond donors (Lipinski definition) is 0. The third kappa shape index (κ3) is 6.00. The molecule has 0 fully saturated rings. The molecule has 2 rings (SSSR count). The van der Waals surface area contributed by atoms with Gasteiger partial charge in [0.1, 0.15) is 5.15 Å². The van der Waals surface area contributed by atoms with Gasteiger partial charge in [-0.2, -0.15) is 0 Å². The summed E-state index contributed by atoms with van der Waals surface area (Å²) < 4.78 is -0.723. The maximum Gasteiger partial charge on any atom is 0.187 e. The normalized spacial score (nSPS) is 13.0. The molecule has 0 amide bonds. The predicted molar refractivity (Wildman–Crippen MR) is 117 cm³/mol. The van der Waals surface area contributed by atoms with E-state index in [9.17, 15) is 14.4 Å². The molecule has 5 nitrogen and oxygen atoms in total. The van der Waals surface area contributed by atoms with E-state index in [1.807, 2.05) is 0 Å². The van der Waals surface area contributed by atoms with Crippen molar-refractivity contribution in [3.8, 4) is 11.3 Å². The van der Waals surface area contributed by atoms with Gasteiger partial charge in [-0.25, -0.2) is 4.98 Å². The highest BCUT2D eigenvalue weighted by Crippen LogP contribution is 2.33. The maximum atomic E-state index is 13.3. The van der Waals surface area contributed by atoms with Crippen LogP contribution in [-0.2, 0) is 9.59 Å². The highest BCUT2D eigenvalue weighted by molar-refractivity contribution is 9.09. The molecule has 0 aliphatic carbocycles. The lowest BCUT2D eigenvalue weighted by Gasteiger charge is -2.18. The lowest BCUT2D eigenvalue weighted by Crippen LogP contribution is -2.28. The molecule has 0 saturated heterocycles. The van der Waals surface area contributed by atoms with Crippen LogP contribution in [0.2, 0.25) is 10.2 Å². The van der Waals surface area contributed by atoms with E-state index in [1.54, 1.807) is 12.1 Å². The monoisotopic (exact) mass is 522 g/mol. The van der Waals surface area contributed by atoms with Gasteiger partial charge in [0.2, 0.25) is 0 Å². The van der Waals surface area contributed by atoms with Gasteiger partial charge >= 0.3 is 0 Å². The average molecular weight is 525 g/mol. The van der Waals surface area contributed by atoms with E-state index in [-0.39, 0.29) is 38.9 Å². The molecule has 0 N–H and O–H groups in total. The Morgan fingerprint density at radius 3 is 2.46 bits per heavy atom. The standard InChI is InChI=1S/C18H14BrCl3N2O3S/c1-9(25)28-15(21)7-12(14(26)8-19)17(27)11-3-5-24-18(22)16(11)13-6-10(20)2-4-23-13/h2-6,12,15H,7-8H2,1H3. The molecule has 10 heteroatoms. The van der Waals surface area contributed by atoms with E-state index in [2.05, 4.69) is 25.9 Å². The minimum absolute atomic E-state index is 0.00255. The minimum Gasteiger partial charge on any atom is -0.298 e. The van der Waals surface area contributed by atoms with Crippen LogP contribution in [0.4, 0.5) is 0 Å². The summed E-state index contributed by atoms with van der Waals surface area (Å²) in [7, 11) is 0. The van der Waals surface area contributed by atoms with Crippen molar-refractivity contribution in [2.45, 2.75) is 18.1 Å². The Hall–Kier alpha value is -0.990. The lowest BCUT2D eigenvalue weighted by atomic mass is 9.89. The summed E-state index contributed by atoms with van der Waals surface area (Å²) in [6.07, 6.45) is 2.86. The van der Waals surface area contributed by atoms with Crippen molar-refractivity contribution in [1.29, 1.82) is 0 Å². The Morgan fingerprint density at radius 2 is 1.86 bits per heavy atom. The number of aromatic nitrogens is 2. The van der Waals surface area contributed by atoms with Crippen LogP contribution in [0.5, 0.6) is 0 Å². The van der Waals surface area contributed by atoms with E-state index >= 15 is 0 Å². The van der Waals surface area contributed by atoms with Gasteiger partial charge in [-0.1, -0.05) is 50.9 Å². The summed E-state index contributed by atoms with van der Waals surface area (Å²) in [6.45, 7) is 1.37. The van der Waals surface area contributed by atoms with Gasteiger partial charge < -0.3 is 0 Å². The second kappa shape index (κ2) is 10.7. The van der Waals surface area contributed by atoms with Crippen molar-refractivity contribution in [3.63, 3.8) is 0 Å². The van der Waals surface area contributed by atoms with Crippen LogP contribution in [0.3, 0.4) is 0 Å². The number of nitrogens with zero attached hydrogens (tertiary/aromatic N) is 2. The van der Waals surface area contributed by atoms with Gasteiger partial charge in [-0.15, -0.1) is 11.6 Å². The molecule has 148 valence electrons. The third-order valence-electron chi connectivity index (χ3n) is 3.70. The molecule has 28 heavy (non-hydrogen) atoms. The first kappa shape index (κ1) is 23.3. The number of carbonyl (C=O) groups is 3. The summed E-state index contributed by atoms with van der Waals surface area (Å²) >= 11 is 22.4. The van der Waals surface area contributed by atoms with E-state index in [4.69, 9.17) is 34.8 Å². The number of carbonyl (C=O) groups excluding carboxylic acids is 3. The second-order valence-corrected chi connectivity index (χ2v) is 9.18. The van der Waals surface area contributed by atoms with Crippen molar-refractivity contribution in [2.75, 3.05) is 5.33 Å². The van der Waals surface area contributed by atoms with Gasteiger partial charge in [0.05, 0.1) is 21.7 Å². The van der Waals surface area contributed by atoms with Crippen LogP contribution >= 0.6 is 62.5 Å². The summed E-state index contributed by atoms with van der Waals surface area (Å²) in [6, 6.07) is 4.62. The van der Waals surface area contributed by atoms with E-state index in [0.29, 0.717) is 10.7 Å². The largest absolute Gasteiger partial charge is 0.298 e. The molecule has 0 spiro atoms. The SMILES string of the molecule is CC(=O)SC(Cl)CC(C(=O)CBr)C(=O)c1ccnc(Cl)c1-c1cc(Cl)ccn1. The summed E-state index contributed by atoms with van der Waals surface area (Å²) in [4.78, 5) is 45.2. The van der Waals surface area contributed by atoms with Crippen molar-refractivity contribution in [3.05, 3.63) is 46.3 Å². The molecule has 2 atom stereocenters. The zero-order valence-electron chi connectivity index (χ0n) is 14.5. The zero-order chi connectivity index (χ0) is 20.8. The lowest BCUT2D eigenvalue weighted by molar-refractivity contribution is -0.119. The zero-order valence-corrected chi connectivity index (χ0v) is 19.2. The molecule has 2 aromatic rings. The first-order valence-electron chi connectivity index (χ1n) is 7.95. The maximum absolute atomic E-state index is 13.3. The molecule has 0 saturated carbocycles. The molecule has 2 aromatic heterocycles. The van der Waals surface area contributed by atoms with Crippen molar-refractivity contribution in [2.24, 2.45) is 5.92 Å². The Balaban J connectivity index is 2.49. The fraction of sp³-hybridized carbons (Fsp3) is 0.278. The number of Topliss-reactive ketones (excluding diaryl/α,β-unsaturated/α-hetero) is 2. The van der Waals surface area contributed by atoms with Gasteiger partial charge in [-0.05, 0) is 24.6 Å². The third-order valence-corrected chi connectivity index (χ3v) is 6.00. The number of rotatable bonds is 8. The van der Waals surface area contributed by atoms with Crippen LogP contribution in [0.25, 0.3) is 11.3 Å². The Bertz CT molecular complexity index is 913. The molecule has 0 aliphatic heterocycles. The van der Waals surface area contributed by atoms with Gasteiger partial charge in [-0.3, -0.25) is 19.4 Å². The number of thioether (sulfide) groups is 1. The number of alkyl halides is 2. The number of ketones is 2. The molecule has 2 unspecified atom stereocenters. The molecule has 0 aliphatic rings. The Labute approximate surface area is 189 Å². The highest BCUT2D eigenvalue weighted by atomic mass is 79.9. The van der Waals surface area contributed by atoms with Crippen LogP contribution in [0.1, 0.15) is 23.7 Å². The van der Waals surface area contributed by atoms with Crippen LogP contribution in [0, 0.1) is 5.92 Å². The summed E-state index contributed by atoms with van der Waals surface area (Å²) in [5.41, 5.74) is 0.833. The van der Waals surface area contributed by atoms with Crippen molar-refractivity contribution >= 4 is 79.2 Å². The molecular formula is C18H14BrCl3N2O3S. The summed E-state index contributed by atoms with van der Waals surface area (Å²) in [5, 5.41) is 0.246. The average Bonchev–Trinajstić information content (AvgIpc) is 2.64. The Kier molecular flexibility index (Phi) is 8.89. The molecule has 0 radical (unpaired) electrons. The van der Waals surface area contributed by atoms with Gasteiger partial charge in [0, 0.05) is 35.5 Å². The van der Waals surface area contributed by atoms with Crippen LogP contribution in [-0.4, -0.2) is 36.7 Å². The number of hydrogen-bond acceptors (Lipinski definition) is 6. The fourth-order valence-electron chi connectivity index (χ4n) is 2.51. The van der Waals surface area contributed by atoms with Gasteiger partial charge in [0.15, 0.2) is 16.7 Å². The van der Waals surface area contributed by atoms with Crippen LogP contribution < -0.4 is 0 Å². The second-order valence-electron chi connectivity index (χ2n) is 5.66. The molecule has 0 bridgehead atoms. The Morgan fingerprint density at radius 1 is 1.18 bits per heavy atom. The quantitative estimate of drug-likeness (QED) is 0.198. The summed E-state index contributed by atoms with van der Waals surface area (Å²) in [5.74, 6) is -1.87. The van der Waals surface area contributed by atoms with Crippen molar-refractivity contribution < 1.29 is 14.4 Å². The van der Waals surface area contributed by atoms with E-state index in [1.165, 1.54) is 25.4 Å². The van der Waals surface area contributed by atoms with E-state index in [0.717, 1.165) is 11.8 Å². The minimum atomic E-state index is -1.05. The first-order chi connectivity index (χ1) is 13.2.